The highest BCUT2D eigenvalue weighted by molar-refractivity contribution is 7.15. The zero-order valence-electron chi connectivity index (χ0n) is 14.4. The Morgan fingerprint density at radius 3 is 2.81 bits per heavy atom. The number of amides is 1. The molecule has 0 unspecified atom stereocenters. The van der Waals surface area contributed by atoms with Crippen LogP contribution in [0.4, 0.5) is 0 Å². The predicted molar refractivity (Wildman–Crippen MR) is 104 cm³/mol. The molecule has 0 aliphatic carbocycles. The summed E-state index contributed by atoms with van der Waals surface area (Å²) in [7, 11) is 0. The molecule has 130 valence electrons. The highest BCUT2D eigenvalue weighted by Crippen LogP contribution is 2.28. The maximum absolute atomic E-state index is 12.4. The Labute approximate surface area is 155 Å². The molecule has 0 fully saturated rings. The summed E-state index contributed by atoms with van der Waals surface area (Å²) in [4.78, 5) is 18.0. The van der Waals surface area contributed by atoms with Crippen LogP contribution in [0.3, 0.4) is 0 Å². The van der Waals surface area contributed by atoms with Crippen LogP contribution in [0.2, 0.25) is 0 Å². The van der Waals surface area contributed by atoms with Gasteiger partial charge in [0.15, 0.2) is 10.8 Å². The summed E-state index contributed by atoms with van der Waals surface area (Å²) in [5, 5.41) is 6.13. The van der Waals surface area contributed by atoms with Crippen molar-refractivity contribution >= 4 is 28.0 Å². The molecule has 1 amide bonds. The van der Waals surface area contributed by atoms with Crippen LogP contribution in [-0.2, 0) is 17.8 Å². The summed E-state index contributed by atoms with van der Waals surface area (Å²) in [6.07, 6.45) is 2.00. The third-order valence-electron chi connectivity index (χ3n) is 4.30. The number of benzene rings is 2. The molecule has 0 radical (unpaired) electrons. The number of nitrogens with one attached hydrogen (secondary N) is 1. The summed E-state index contributed by atoms with van der Waals surface area (Å²) in [6, 6.07) is 17.9. The van der Waals surface area contributed by atoms with Gasteiger partial charge in [-0.15, -0.1) is 11.3 Å². The molecule has 2 aromatic heterocycles. The van der Waals surface area contributed by atoms with Crippen molar-refractivity contribution in [3.05, 3.63) is 77.0 Å². The van der Waals surface area contributed by atoms with E-state index >= 15 is 0 Å². The minimum Gasteiger partial charge on any atom is -0.462 e. The van der Waals surface area contributed by atoms with E-state index in [0.29, 0.717) is 13.0 Å². The topological polar surface area (TPSA) is 55.1 Å². The van der Waals surface area contributed by atoms with Gasteiger partial charge >= 0.3 is 0 Å². The van der Waals surface area contributed by atoms with Gasteiger partial charge in [-0.25, -0.2) is 4.98 Å². The smallest absolute Gasteiger partial charge is 0.224 e. The number of thiazole rings is 1. The van der Waals surface area contributed by atoms with E-state index < -0.39 is 0 Å². The van der Waals surface area contributed by atoms with E-state index in [-0.39, 0.29) is 5.91 Å². The molecule has 0 saturated heterocycles. The third-order valence-corrected chi connectivity index (χ3v) is 5.47. The van der Waals surface area contributed by atoms with E-state index in [1.807, 2.05) is 43.3 Å². The maximum Gasteiger partial charge on any atom is 0.224 e. The standard InChI is InChI=1S/C21H18N2O2S/c1-14-19(26-21(23-14)18-10-5-11-25-18)13-22-20(24)12-16-8-4-7-15-6-2-3-9-17(15)16/h2-11H,12-13H2,1H3,(H,22,24). The van der Waals surface area contributed by atoms with Crippen molar-refractivity contribution < 1.29 is 9.21 Å². The number of carbonyl (C=O) groups is 1. The number of hydrogen-bond donors (Lipinski definition) is 1. The van der Waals surface area contributed by atoms with E-state index in [9.17, 15) is 4.79 Å². The highest BCUT2D eigenvalue weighted by Gasteiger charge is 2.13. The lowest BCUT2D eigenvalue weighted by Crippen LogP contribution is -2.24. The fraction of sp³-hybridized carbons (Fsp3) is 0.143. The van der Waals surface area contributed by atoms with E-state index in [0.717, 1.165) is 37.7 Å². The zero-order valence-corrected chi connectivity index (χ0v) is 15.2. The van der Waals surface area contributed by atoms with Gasteiger partial charge in [-0.2, -0.15) is 0 Å². The zero-order chi connectivity index (χ0) is 17.9. The van der Waals surface area contributed by atoms with Gasteiger partial charge in [0, 0.05) is 4.88 Å². The van der Waals surface area contributed by atoms with Gasteiger partial charge in [0.2, 0.25) is 5.91 Å². The van der Waals surface area contributed by atoms with Crippen molar-refractivity contribution in [1.82, 2.24) is 10.3 Å². The molecule has 4 aromatic rings. The van der Waals surface area contributed by atoms with Gasteiger partial charge in [-0.1, -0.05) is 42.5 Å². The Morgan fingerprint density at radius 1 is 1.12 bits per heavy atom. The molecule has 2 heterocycles. The summed E-state index contributed by atoms with van der Waals surface area (Å²) >= 11 is 1.55. The molecule has 0 spiro atoms. The van der Waals surface area contributed by atoms with Crippen molar-refractivity contribution in [2.75, 3.05) is 0 Å². The van der Waals surface area contributed by atoms with Gasteiger partial charge in [0.25, 0.3) is 0 Å². The number of carbonyl (C=O) groups excluding carboxylic acids is 1. The molecule has 0 aliphatic rings. The van der Waals surface area contributed by atoms with Crippen LogP contribution in [0.5, 0.6) is 0 Å². The van der Waals surface area contributed by atoms with Crippen LogP contribution in [0.25, 0.3) is 21.5 Å². The molecule has 0 saturated carbocycles. The van der Waals surface area contributed by atoms with E-state index in [1.54, 1.807) is 17.6 Å². The SMILES string of the molecule is Cc1nc(-c2ccco2)sc1CNC(=O)Cc1cccc2ccccc12. The lowest BCUT2D eigenvalue weighted by molar-refractivity contribution is -0.120. The van der Waals surface area contributed by atoms with E-state index in [4.69, 9.17) is 4.42 Å². The van der Waals surface area contributed by atoms with Crippen molar-refractivity contribution in [1.29, 1.82) is 0 Å². The Balaban J connectivity index is 1.44. The fourth-order valence-corrected chi connectivity index (χ4v) is 3.93. The summed E-state index contributed by atoms with van der Waals surface area (Å²) in [5.74, 6) is 0.764. The summed E-state index contributed by atoms with van der Waals surface area (Å²) < 4.78 is 5.39. The molecule has 2 aromatic carbocycles. The minimum absolute atomic E-state index is 0.00806. The molecule has 5 heteroatoms. The number of fused-ring (bicyclic) bond motifs is 1. The number of hydrogen-bond acceptors (Lipinski definition) is 4. The second-order valence-corrected chi connectivity index (χ2v) is 7.18. The Kier molecular flexibility index (Phi) is 4.54. The highest BCUT2D eigenvalue weighted by atomic mass is 32.1. The van der Waals surface area contributed by atoms with Gasteiger partial charge in [-0.05, 0) is 35.4 Å². The predicted octanol–water partition coefficient (Wildman–Crippen LogP) is 4.72. The fourth-order valence-electron chi connectivity index (χ4n) is 2.96. The molecular weight excluding hydrogens is 344 g/mol. The molecule has 26 heavy (non-hydrogen) atoms. The second-order valence-electron chi connectivity index (χ2n) is 6.10. The van der Waals surface area contributed by atoms with E-state index in [2.05, 4.69) is 28.5 Å². The molecule has 0 atom stereocenters. The largest absolute Gasteiger partial charge is 0.462 e. The normalized spacial score (nSPS) is 11.0. The average Bonchev–Trinajstić information content (AvgIpc) is 3.30. The molecule has 0 bridgehead atoms. The van der Waals surface area contributed by atoms with Crippen molar-refractivity contribution in [3.8, 4) is 10.8 Å². The molecule has 1 N–H and O–H groups in total. The first kappa shape index (κ1) is 16.5. The number of rotatable bonds is 5. The van der Waals surface area contributed by atoms with Crippen LogP contribution in [0.15, 0.2) is 65.3 Å². The van der Waals surface area contributed by atoms with Crippen LogP contribution >= 0.6 is 11.3 Å². The quantitative estimate of drug-likeness (QED) is 0.559. The van der Waals surface area contributed by atoms with Crippen molar-refractivity contribution in [2.24, 2.45) is 0 Å². The van der Waals surface area contributed by atoms with Gasteiger partial charge in [-0.3, -0.25) is 4.79 Å². The summed E-state index contributed by atoms with van der Waals surface area (Å²) in [6.45, 7) is 2.43. The second kappa shape index (κ2) is 7.14. The number of aryl methyl sites for hydroxylation is 1. The number of furan rings is 1. The van der Waals surface area contributed by atoms with Gasteiger partial charge in [0.05, 0.1) is 24.9 Å². The van der Waals surface area contributed by atoms with Crippen LogP contribution in [-0.4, -0.2) is 10.9 Å². The number of nitrogens with zero attached hydrogens (tertiary/aromatic N) is 1. The number of aromatic nitrogens is 1. The summed E-state index contributed by atoms with van der Waals surface area (Å²) in [5.41, 5.74) is 1.96. The van der Waals surface area contributed by atoms with Crippen molar-refractivity contribution in [3.63, 3.8) is 0 Å². The van der Waals surface area contributed by atoms with Gasteiger partial charge in [0.1, 0.15) is 0 Å². The van der Waals surface area contributed by atoms with Crippen LogP contribution in [0, 0.1) is 6.92 Å². The molecule has 0 aliphatic heterocycles. The van der Waals surface area contributed by atoms with Crippen molar-refractivity contribution in [2.45, 2.75) is 19.9 Å². The maximum atomic E-state index is 12.4. The first-order chi connectivity index (χ1) is 12.7. The van der Waals surface area contributed by atoms with E-state index in [1.165, 1.54) is 0 Å². The monoisotopic (exact) mass is 362 g/mol. The minimum atomic E-state index is 0.00806. The first-order valence-corrected chi connectivity index (χ1v) is 9.26. The lowest BCUT2D eigenvalue weighted by Gasteiger charge is -2.07. The third kappa shape index (κ3) is 3.39. The Hall–Kier alpha value is -2.92. The Bertz CT molecular complexity index is 1050. The lowest BCUT2D eigenvalue weighted by atomic mass is 10.0. The van der Waals surface area contributed by atoms with Crippen LogP contribution in [0.1, 0.15) is 16.1 Å². The molecule has 4 nitrogen and oxygen atoms in total. The first-order valence-electron chi connectivity index (χ1n) is 8.44. The van der Waals surface area contributed by atoms with Gasteiger partial charge < -0.3 is 9.73 Å². The average molecular weight is 362 g/mol. The molecular formula is C21H18N2O2S. The Morgan fingerprint density at radius 2 is 1.96 bits per heavy atom. The molecule has 4 rings (SSSR count). The van der Waals surface area contributed by atoms with Crippen LogP contribution < -0.4 is 5.32 Å².